The van der Waals surface area contributed by atoms with E-state index in [-0.39, 0.29) is 17.5 Å². The number of hydrogen-bond acceptors (Lipinski definition) is 5. The number of aliphatic hydroxyl groups is 1. The van der Waals surface area contributed by atoms with Crippen LogP contribution in [0.2, 0.25) is 0 Å². The molecule has 1 aliphatic rings. The Labute approximate surface area is 125 Å². The zero-order valence-electron chi connectivity index (χ0n) is 12.2. The van der Waals surface area contributed by atoms with Gasteiger partial charge < -0.3 is 14.7 Å². The SMILES string of the molecule is COCCN(CCO)c1ccccc1S(=O)(=O)NC1CC1. The molecule has 21 heavy (non-hydrogen) atoms. The van der Waals surface area contributed by atoms with Gasteiger partial charge in [-0.2, -0.15) is 0 Å². The van der Waals surface area contributed by atoms with Crippen LogP contribution in [0.5, 0.6) is 0 Å². The van der Waals surface area contributed by atoms with Gasteiger partial charge in [0, 0.05) is 26.2 Å². The highest BCUT2D eigenvalue weighted by molar-refractivity contribution is 7.89. The Morgan fingerprint density at radius 3 is 2.67 bits per heavy atom. The maximum Gasteiger partial charge on any atom is 0.242 e. The smallest absolute Gasteiger partial charge is 0.242 e. The van der Waals surface area contributed by atoms with Gasteiger partial charge in [-0.1, -0.05) is 12.1 Å². The molecule has 0 radical (unpaired) electrons. The van der Waals surface area contributed by atoms with Crippen LogP contribution in [-0.2, 0) is 14.8 Å². The predicted octanol–water partition coefficient (Wildman–Crippen LogP) is 0.572. The lowest BCUT2D eigenvalue weighted by atomic mass is 10.3. The summed E-state index contributed by atoms with van der Waals surface area (Å²) in [6.45, 7) is 1.30. The number of nitrogens with zero attached hydrogens (tertiary/aromatic N) is 1. The van der Waals surface area contributed by atoms with Crippen LogP contribution < -0.4 is 9.62 Å². The highest BCUT2D eigenvalue weighted by Gasteiger charge is 2.30. The molecule has 0 bridgehead atoms. The fraction of sp³-hybridized carbons (Fsp3) is 0.571. The van der Waals surface area contributed by atoms with Gasteiger partial charge in [0.15, 0.2) is 0 Å². The van der Waals surface area contributed by atoms with Gasteiger partial charge in [-0.3, -0.25) is 0 Å². The average Bonchev–Trinajstić information content (AvgIpc) is 3.27. The van der Waals surface area contributed by atoms with Gasteiger partial charge >= 0.3 is 0 Å². The number of ether oxygens (including phenoxy) is 1. The number of benzene rings is 1. The van der Waals surface area contributed by atoms with Gasteiger partial charge in [-0.15, -0.1) is 0 Å². The van der Waals surface area contributed by atoms with Crippen LogP contribution in [0.1, 0.15) is 12.8 Å². The molecule has 2 N–H and O–H groups in total. The fourth-order valence-electron chi connectivity index (χ4n) is 2.10. The molecule has 1 aromatic rings. The number of para-hydroxylation sites is 1. The molecule has 118 valence electrons. The molecule has 1 fully saturated rings. The second-order valence-corrected chi connectivity index (χ2v) is 6.75. The standard InChI is InChI=1S/C14H22N2O4S/c1-20-11-9-16(8-10-17)13-4-2-3-5-14(13)21(18,19)15-12-6-7-12/h2-5,12,15,17H,6-11H2,1H3. The van der Waals surface area contributed by atoms with Crippen LogP contribution in [0.3, 0.4) is 0 Å². The molecular weight excluding hydrogens is 292 g/mol. The summed E-state index contributed by atoms with van der Waals surface area (Å²) in [5.41, 5.74) is 0.594. The molecule has 0 unspecified atom stereocenters. The first kappa shape index (κ1) is 16.2. The van der Waals surface area contributed by atoms with E-state index in [1.807, 2.05) is 4.90 Å². The van der Waals surface area contributed by atoms with Crippen molar-refractivity contribution in [1.82, 2.24) is 4.72 Å². The van der Waals surface area contributed by atoms with Crippen LogP contribution in [0, 0.1) is 0 Å². The number of anilines is 1. The van der Waals surface area contributed by atoms with Crippen molar-refractivity contribution in [2.24, 2.45) is 0 Å². The van der Waals surface area contributed by atoms with Crippen LogP contribution in [0.4, 0.5) is 5.69 Å². The predicted molar refractivity (Wildman–Crippen MR) is 81.0 cm³/mol. The van der Waals surface area contributed by atoms with E-state index < -0.39 is 10.0 Å². The summed E-state index contributed by atoms with van der Waals surface area (Å²) in [6, 6.07) is 6.92. The van der Waals surface area contributed by atoms with Crippen molar-refractivity contribution in [2.75, 3.05) is 38.3 Å². The number of rotatable bonds is 9. The van der Waals surface area contributed by atoms with Crippen molar-refractivity contribution >= 4 is 15.7 Å². The molecule has 0 amide bonds. The largest absolute Gasteiger partial charge is 0.395 e. The normalized spacial score (nSPS) is 15.1. The second-order valence-electron chi connectivity index (χ2n) is 5.07. The minimum Gasteiger partial charge on any atom is -0.395 e. The van der Waals surface area contributed by atoms with E-state index >= 15 is 0 Å². The lowest BCUT2D eigenvalue weighted by molar-refractivity contribution is 0.202. The molecule has 0 saturated heterocycles. The molecule has 7 heteroatoms. The monoisotopic (exact) mass is 314 g/mol. The zero-order valence-corrected chi connectivity index (χ0v) is 13.0. The third kappa shape index (κ3) is 4.41. The van der Waals surface area contributed by atoms with Gasteiger partial charge in [0.05, 0.1) is 18.9 Å². The average molecular weight is 314 g/mol. The van der Waals surface area contributed by atoms with Crippen LogP contribution in [-0.4, -0.2) is 53.0 Å². The topological polar surface area (TPSA) is 78.9 Å². The Hall–Kier alpha value is -1.15. The number of methoxy groups -OCH3 is 1. The Morgan fingerprint density at radius 2 is 2.05 bits per heavy atom. The third-order valence-corrected chi connectivity index (χ3v) is 4.90. The summed E-state index contributed by atoms with van der Waals surface area (Å²) in [4.78, 5) is 2.08. The minimum atomic E-state index is -3.53. The number of sulfonamides is 1. The molecule has 0 atom stereocenters. The van der Waals surface area contributed by atoms with E-state index in [1.54, 1.807) is 31.4 Å². The molecule has 1 aliphatic carbocycles. The Balaban J connectivity index is 2.28. The van der Waals surface area contributed by atoms with Gasteiger partial charge in [0.2, 0.25) is 10.0 Å². The third-order valence-electron chi connectivity index (χ3n) is 3.33. The summed E-state index contributed by atoms with van der Waals surface area (Å²) in [6.07, 6.45) is 1.79. The second kappa shape index (κ2) is 7.22. The minimum absolute atomic E-state index is 0.0475. The molecule has 1 aromatic carbocycles. The van der Waals surface area contributed by atoms with E-state index in [0.717, 1.165) is 12.8 Å². The maximum atomic E-state index is 12.5. The number of hydrogen-bond donors (Lipinski definition) is 2. The first-order valence-electron chi connectivity index (χ1n) is 7.04. The summed E-state index contributed by atoms with van der Waals surface area (Å²) in [7, 11) is -1.94. The summed E-state index contributed by atoms with van der Waals surface area (Å²) < 4.78 is 32.7. The van der Waals surface area contributed by atoms with Gasteiger partial charge in [-0.25, -0.2) is 13.1 Å². The van der Waals surface area contributed by atoms with E-state index in [1.165, 1.54) is 0 Å². The van der Waals surface area contributed by atoms with Crippen molar-refractivity contribution in [2.45, 2.75) is 23.8 Å². The fourth-order valence-corrected chi connectivity index (χ4v) is 3.64. The van der Waals surface area contributed by atoms with Crippen molar-refractivity contribution in [3.8, 4) is 0 Å². The van der Waals surface area contributed by atoms with Crippen LogP contribution in [0.15, 0.2) is 29.2 Å². The van der Waals surface area contributed by atoms with E-state index in [4.69, 9.17) is 4.74 Å². The molecular formula is C14H22N2O4S. The Morgan fingerprint density at radius 1 is 1.33 bits per heavy atom. The van der Waals surface area contributed by atoms with Crippen molar-refractivity contribution in [3.05, 3.63) is 24.3 Å². The lowest BCUT2D eigenvalue weighted by Gasteiger charge is -2.26. The Bertz CT molecular complexity index is 558. The molecule has 0 aromatic heterocycles. The van der Waals surface area contributed by atoms with Crippen molar-refractivity contribution < 1.29 is 18.3 Å². The van der Waals surface area contributed by atoms with Crippen LogP contribution >= 0.6 is 0 Å². The maximum absolute atomic E-state index is 12.5. The number of nitrogens with one attached hydrogen (secondary N) is 1. The van der Waals surface area contributed by atoms with Crippen molar-refractivity contribution in [1.29, 1.82) is 0 Å². The summed E-state index contributed by atoms with van der Waals surface area (Å²) in [5, 5.41) is 9.20. The zero-order chi connectivity index (χ0) is 15.3. The molecule has 6 nitrogen and oxygen atoms in total. The quantitative estimate of drug-likeness (QED) is 0.697. The lowest BCUT2D eigenvalue weighted by Crippen LogP contribution is -2.33. The van der Waals surface area contributed by atoms with E-state index in [9.17, 15) is 13.5 Å². The van der Waals surface area contributed by atoms with Gasteiger partial charge in [0.1, 0.15) is 4.90 Å². The van der Waals surface area contributed by atoms with Gasteiger partial charge in [0.25, 0.3) is 0 Å². The van der Waals surface area contributed by atoms with E-state index in [2.05, 4.69) is 4.72 Å². The molecule has 2 rings (SSSR count). The summed E-state index contributed by atoms with van der Waals surface area (Å²) in [5.74, 6) is 0. The summed E-state index contributed by atoms with van der Waals surface area (Å²) >= 11 is 0. The van der Waals surface area contributed by atoms with Gasteiger partial charge in [-0.05, 0) is 25.0 Å². The first-order valence-corrected chi connectivity index (χ1v) is 8.53. The molecule has 0 heterocycles. The molecule has 1 saturated carbocycles. The number of aliphatic hydroxyl groups excluding tert-OH is 1. The van der Waals surface area contributed by atoms with E-state index in [0.29, 0.717) is 25.4 Å². The molecule has 0 aliphatic heterocycles. The highest BCUT2D eigenvalue weighted by Crippen LogP contribution is 2.28. The highest BCUT2D eigenvalue weighted by atomic mass is 32.2. The Kier molecular flexibility index (Phi) is 5.58. The molecule has 0 spiro atoms. The van der Waals surface area contributed by atoms with Crippen LogP contribution in [0.25, 0.3) is 0 Å². The first-order chi connectivity index (χ1) is 10.1. The van der Waals surface area contributed by atoms with Crippen molar-refractivity contribution in [3.63, 3.8) is 0 Å².